The van der Waals surface area contributed by atoms with Crippen molar-refractivity contribution in [3.63, 3.8) is 0 Å². The molecule has 0 spiro atoms. The number of anilines is 1. The Bertz CT molecular complexity index is 2180. The maximum atomic E-state index is 13.0. The van der Waals surface area contributed by atoms with Crippen molar-refractivity contribution in [1.29, 1.82) is 0 Å². The Balaban J connectivity index is 1.05. The number of aliphatic hydroxyl groups is 1. The molecule has 0 bridgehead atoms. The monoisotopic (exact) mass is 805 g/mol. The van der Waals surface area contributed by atoms with Crippen molar-refractivity contribution in [3.8, 4) is 11.5 Å². The first-order chi connectivity index (χ1) is 28.0. The van der Waals surface area contributed by atoms with Crippen molar-refractivity contribution in [2.45, 2.75) is 75.3 Å². The van der Waals surface area contributed by atoms with Crippen LogP contribution in [0.1, 0.15) is 64.2 Å². The standard InChI is InChI=1S/C46H51N3O8S/c1-58(54,55)49-41-29-39(25-26-44(41)57-30-34-15-9-4-10-16-34)56-31-43(50)40(27-32-11-5-2-6-12-32)47-38-23-21-36(22-24-38)35-17-19-37(20-18-35)45(51)48-42(46(52)53)28-33-13-7-3-8-14-33/h2-20,25-26,29,36,38,40,42-43,47,49-50H,21-24,27-28,30-31H2,1H3,(H,48,51)(H,52,53)/t36?,38?,40?,42-,43+/m0/s1. The van der Waals surface area contributed by atoms with E-state index < -0.39 is 34.0 Å². The first kappa shape index (κ1) is 41.9. The highest BCUT2D eigenvalue weighted by molar-refractivity contribution is 7.92. The minimum atomic E-state index is -3.62. The molecule has 11 nitrogen and oxygen atoms in total. The van der Waals surface area contributed by atoms with E-state index in [1.807, 2.05) is 103 Å². The lowest BCUT2D eigenvalue weighted by Crippen LogP contribution is -2.49. The molecule has 1 saturated carbocycles. The van der Waals surface area contributed by atoms with Gasteiger partial charge >= 0.3 is 5.97 Å². The molecule has 5 N–H and O–H groups in total. The highest BCUT2D eigenvalue weighted by atomic mass is 32.2. The summed E-state index contributed by atoms with van der Waals surface area (Å²) in [6.45, 7) is 0.228. The number of nitrogens with one attached hydrogen (secondary N) is 3. The normalized spacial score (nSPS) is 17.0. The van der Waals surface area contributed by atoms with E-state index in [9.17, 15) is 28.2 Å². The molecule has 3 atom stereocenters. The van der Waals surface area contributed by atoms with Gasteiger partial charge in [-0.3, -0.25) is 9.52 Å². The van der Waals surface area contributed by atoms with Gasteiger partial charge in [0.2, 0.25) is 10.0 Å². The van der Waals surface area contributed by atoms with Crippen molar-refractivity contribution >= 4 is 27.6 Å². The average Bonchev–Trinajstić information content (AvgIpc) is 3.23. The fourth-order valence-electron chi connectivity index (χ4n) is 7.31. The zero-order valence-corrected chi connectivity index (χ0v) is 33.3. The van der Waals surface area contributed by atoms with Gasteiger partial charge in [0, 0.05) is 30.1 Å². The Labute approximate surface area is 340 Å². The molecule has 1 amide bonds. The van der Waals surface area contributed by atoms with E-state index in [1.165, 1.54) is 0 Å². The molecule has 1 fully saturated rings. The molecule has 0 heterocycles. The summed E-state index contributed by atoms with van der Waals surface area (Å²) in [5, 5.41) is 27.7. The number of aliphatic hydroxyl groups excluding tert-OH is 1. The highest BCUT2D eigenvalue weighted by Gasteiger charge is 2.28. The van der Waals surface area contributed by atoms with Crippen LogP contribution in [0.2, 0.25) is 0 Å². The van der Waals surface area contributed by atoms with Crippen LogP contribution in [0.3, 0.4) is 0 Å². The summed E-state index contributed by atoms with van der Waals surface area (Å²) in [4.78, 5) is 24.9. The third-order valence-corrected chi connectivity index (χ3v) is 11.0. The maximum absolute atomic E-state index is 13.0. The van der Waals surface area contributed by atoms with Gasteiger partial charge in [-0.15, -0.1) is 0 Å². The molecule has 0 radical (unpaired) electrons. The number of hydrogen-bond donors (Lipinski definition) is 5. The van der Waals surface area contributed by atoms with Crippen LogP contribution in [0.15, 0.2) is 133 Å². The quantitative estimate of drug-likeness (QED) is 0.0609. The van der Waals surface area contributed by atoms with Gasteiger partial charge in [-0.25, -0.2) is 13.2 Å². The first-order valence-corrected chi connectivity index (χ1v) is 21.4. The fraction of sp³-hybridized carbons (Fsp3) is 0.304. The molecule has 12 heteroatoms. The smallest absolute Gasteiger partial charge is 0.326 e. The Kier molecular flexibility index (Phi) is 14.6. The largest absolute Gasteiger partial charge is 0.491 e. The number of ether oxygens (including phenoxy) is 2. The molecule has 0 aromatic heterocycles. The predicted octanol–water partition coefficient (Wildman–Crippen LogP) is 6.73. The van der Waals surface area contributed by atoms with Crippen LogP contribution in [0.25, 0.3) is 0 Å². The number of carbonyl (C=O) groups is 2. The van der Waals surface area contributed by atoms with Gasteiger partial charge in [-0.1, -0.05) is 103 Å². The van der Waals surface area contributed by atoms with Gasteiger partial charge in [0.25, 0.3) is 5.91 Å². The lowest BCUT2D eigenvalue weighted by atomic mass is 9.81. The van der Waals surface area contributed by atoms with E-state index in [4.69, 9.17) is 9.47 Å². The second kappa shape index (κ2) is 20.1. The average molecular weight is 806 g/mol. The number of benzene rings is 5. The van der Waals surface area contributed by atoms with Gasteiger partial charge in [0.1, 0.15) is 36.9 Å². The number of rotatable bonds is 19. The van der Waals surface area contributed by atoms with E-state index in [1.54, 1.807) is 30.3 Å². The summed E-state index contributed by atoms with van der Waals surface area (Å²) in [7, 11) is -3.62. The summed E-state index contributed by atoms with van der Waals surface area (Å²) in [5.41, 5.74) is 4.62. The lowest BCUT2D eigenvalue weighted by molar-refractivity contribution is -0.139. The summed E-state index contributed by atoms with van der Waals surface area (Å²) in [6.07, 6.45) is 4.57. The van der Waals surface area contributed by atoms with Gasteiger partial charge in [0.05, 0.1) is 11.9 Å². The number of hydrogen-bond acceptors (Lipinski definition) is 8. The van der Waals surface area contributed by atoms with Crippen LogP contribution in [-0.2, 0) is 34.3 Å². The molecule has 5 aromatic carbocycles. The Morgan fingerprint density at radius 3 is 1.91 bits per heavy atom. The molecule has 304 valence electrons. The number of carbonyl (C=O) groups excluding carboxylic acids is 1. The summed E-state index contributed by atoms with van der Waals surface area (Å²) >= 11 is 0. The number of sulfonamides is 1. The third-order valence-electron chi connectivity index (χ3n) is 10.4. The lowest BCUT2D eigenvalue weighted by Gasteiger charge is -2.34. The highest BCUT2D eigenvalue weighted by Crippen LogP contribution is 2.34. The summed E-state index contributed by atoms with van der Waals surface area (Å²) in [5.74, 6) is -0.473. The zero-order chi connectivity index (χ0) is 40.9. The Hall–Kier alpha value is -5.69. The van der Waals surface area contributed by atoms with E-state index in [0.29, 0.717) is 29.4 Å². The van der Waals surface area contributed by atoms with Gasteiger partial charge in [-0.2, -0.15) is 0 Å². The Morgan fingerprint density at radius 2 is 1.33 bits per heavy atom. The molecule has 1 aliphatic carbocycles. The predicted molar refractivity (Wildman–Crippen MR) is 225 cm³/mol. The second-order valence-corrected chi connectivity index (χ2v) is 16.6. The first-order valence-electron chi connectivity index (χ1n) is 19.6. The molecule has 1 unspecified atom stereocenters. The number of carboxylic acid groups (broad SMARTS) is 1. The third kappa shape index (κ3) is 12.7. The molecule has 0 saturated heterocycles. The SMILES string of the molecule is CS(=O)(=O)Nc1cc(OC[C@@H](O)C(Cc2ccccc2)NC2CCC(c3ccc(C(=O)N[C@@H](Cc4ccccc4)C(=O)O)cc3)CC2)ccc1OCc1ccccc1. The topological polar surface area (TPSA) is 163 Å². The minimum absolute atomic E-state index is 0.0260. The molecule has 58 heavy (non-hydrogen) atoms. The van der Waals surface area contributed by atoms with Gasteiger partial charge in [0.15, 0.2) is 0 Å². The number of carboxylic acids is 1. The van der Waals surface area contributed by atoms with Crippen LogP contribution < -0.4 is 24.8 Å². The second-order valence-electron chi connectivity index (χ2n) is 14.9. The van der Waals surface area contributed by atoms with E-state index in [-0.39, 0.29) is 37.4 Å². The van der Waals surface area contributed by atoms with Crippen LogP contribution in [0, 0.1) is 0 Å². The maximum Gasteiger partial charge on any atom is 0.326 e. The van der Waals surface area contributed by atoms with E-state index in [0.717, 1.165) is 54.2 Å². The molecule has 0 aliphatic heterocycles. The van der Waals surface area contributed by atoms with Crippen LogP contribution >= 0.6 is 0 Å². The molecule has 6 rings (SSSR count). The fourth-order valence-corrected chi connectivity index (χ4v) is 7.86. The molecular formula is C46H51N3O8S. The molecule has 5 aromatic rings. The van der Waals surface area contributed by atoms with Crippen LogP contribution in [0.4, 0.5) is 5.69 Å². The van der Waals surface area contributed by atoms with Crippen molar-refractivity contribution in [2.24, 2.45) is 0 Å². The molecule has 1 aliphatic rings. The van der Waals surface area contributed by atoms with Gasteiger partial charge in [-0.05, 0) is 84.5 Å². The van der Waals surface area contributed by atoms with Crippen molar-refractivity contribution in [3.05, 3.63) is 161 Å². The zero-order valence-electron chi connectivity index (χ0n) is 32.5. The van der Waals surface area contributed by atoms with E-state index >= 15 is 0 Å². The van der Waals surface area contributed by atoms with Crippen LogP contribution in [0.5, 0.6) is 11.5 Å². The van der Waals surface area contributed by atoms with Crippen molar-refractivity contribution in [2.75, 3.05) is 17.6 Å². The Morgan fingerprint density at radius 1 is 0.741 bits per heavy atom. The molecular weight excluding hydrogens is 755 g/mol. The summed E-state index contributed by atoms with van der Waals surface area (Å²) < 4.78 is 39.0. The van der Waals surface area contributed by atoms with Crippen LogP contribution in [-0.4, -0.2) is 67.6 Å². The summed E-state index contributed by atoms with van der Waals surface area (Å²) in [6, 6.07) is 39.9. The van der Waals surface area contributed by atoms with Gasteiger partial charge < -0.3 is 30.3 Å². The van der Waals surface area contributed by atoms with Crippen molar-refractivity contribution in [1.82, 2.24) is 10.6 Å². The van der Waals surface area contributed by atoms with Crippen molar-refractivity contribution < 1.29 is 37.7 Å². The number of amides is 1. The number of aliphatic carboxylic acids is 1. The van der Waals surface area contributed by atoms with E-state index in [2.05, 4.69) is 15.4 Å². The minimum Gasteiger partial charge on any atom is -0.491 e.